The van der Waals surface area contributed by atoms with Gasteiger partial charge in [0.05, 0.1) is 7.11 Å². The van der Waals surface area contributed by atoms with Gasteiger partial charge in [0.2, 0.25) is 0 Å². The second-order valence-electron chi connectivity index (χ2n) is 8.38. The van der Waals surface area contributed by atoms with Crippen molar-refractivity contribution in [2.24, 2.45) is 23.7 Å². The van der Waals surface area contributed by atoms with Gasteiger partial charge in [-0.2, -0.15) is 0 Å². The van der Waals surface area contributed by atoms with Crippen molar-refractivity contribution in [2.75, 3.05) is 7.11 Å². The molecular formula is C25H40O6S. The molecule has 0 bridgehead atoms. The fraction of sp³-hybridized carbons (Fsp3) is 0.680. The molecule has 3 saturated carbocycles. The number of carbonyl (C=O) groups excluding carboxylic acids is 3. The molecule has 0 aliphatic heterocycles. The van der Waals surface area contributed by atoms with Crippen LogP contribution in [0.15, 0.2) is 11.4 Å². The van der Waals surface area contributed by atoms with E-state index in [1.165, 1.54) is 24.0 Å². The maximum absolute atomic E-state index is 12.7. The third-order valence-electron chi connectivity index (χ3n) is 6.56. The Balaban J connectivity index is 0.000000804. The summed E-state index contributed by atoms with van der Waals surface area (Å²) in [6, 6.07) is 2.20. The zero-order chi connectivity index (χ0) is 24.3. The number of carboxylic acids is 1. The van der Waals surface area contributed by atoms with Gasteiger partial charge in [0.25, 0.3) is 12.4 Å². The van der Waals surface area contributed by atoms with Crippen LogP contribution in [0.4, 0.5) is 0 Å². The molecule has 1 aromatic rings. The van der Waals surface area contributed by atoms with Gasteiger partial charge in [-0.1, -0.05) is 13.8 Å². The number of aliphatic carboxylic acids is 1. The second-order valence-corrected chi connectivity index (χ2v) is 9.50. The Bertz CT molecular complexity index is 758. The summed E-state index contributed by atoms with van der Waals surface area (Å²) in [6.45, 7) is 7.62. The van der Waals surface area contributed by atoms with Gasteiger partial charge in [-0.15, -0.1) is 11.3 Å². The third kappa shape index (κ3) is 7.54. The van der Waals surface area contributed by atoms with Gasteiger partial charge in [-0.25, -0.2) is 0 Å². The Kier molecular flexibility index (Phi) is 12.4. The third-order valence-corrected chi connectivity index (χ3v) is 7.42. The van der Waals surface area contributed by atoms with Crippen LogP contribution in [0, 0.1) is 30.6 Å². The van der Waals surface area contributed by atoms with Crippen LogP contribution in [0.5, 0.6) is 0 Å². The molecule has 7 heteroatoms. The van der Waals surface area contributed by atoms with E-state index < -0.39 is 5.97 Å². The molecule has 32 heavy (non-hydrogen) atoms. The second kappa shape index (κ2) is 14.2. The number of methoxy groups -OCH3 is 1. The maximum Gasteiger partial charge on any atom is 0.300 e. The molecule has 0 amide bonds. The first-order chi connectivity index (χ1) is 15.3. The lowest BCUT2D eigenvalue weighted by atomic mass is 9.55. The van der Waals surface area contributed by atoms with Crippen molar-refractivity contribution in [3.05, 3.63) is 21.9 Å². The molecule has 5 atom stereocenters. The molecule has 0 saturated heterocycles. The number of fused-ring (bicyclic) bond motifs is 3. The highest BCUT2D eigenvalue weighted by molar-refractivity contribution is 7.10. The lowest BCUT2D eigenvalue weighted by molar-refractivity contribution is -0.140. The van der Waals surface area contributed by atoms with Gasteiger partial charge in [-0.05, 0) is 73.8 Å². The average molecular weight is 469 g/mol. The molecule has 1 aromatic heterocycles. The van der Waals surface area contributed by atoms with Crippen molar-refractivity contribution >= 4 is 35.3 Å². The van der Waals surface area contributed by atoms with Crippen molar-refractivity contribution in [3.63, 3.8) is 0 Å². The first kappa shape index (κ1) is 28.0. The van der Waals surface area contributed by atoms with Gasteiger partial charge in [-0.3, -0.25) is 19.2 Å². The fourth-order valence-corrected chi connectivity index (χ4v) is 6.28. The molecule has 3 aliphatic rings. The Hall–Kier alpha value is -2.02. The summed E-state index contributed by atoms with van der Waals surface area (Å²) in [5, 5.41) is 9.55. The van der Waals surface area contributed by atoms with Crippen LogP contribution in [0.25, 0.3) is 0 Å². The quantitative estimate of drug-likeness (QED) is 0.562. The Morgan fingerprint density at radius 1 is 1.22 bits per heavy atom. The maximum atomic E-state index is 12.7. The van der Waals surface area contributed by atoms with Gasteiger partial charge < -0.3 is 9.84 Å². The van der Waals surface area contributed by atoms with E-state index in [1.807, 2.05) is 13.8 Å². The molecule has 0 aromatic carbocycles. The summed E-state index contributed by atoms with van der Waals surface area (Å²) in [5.74, 6) is 1.69. The zero-order valence-corrected chi connectivity index (χ0v) is 20.8. The van der Waals surface area contributed by atoms with E-state index in [9.17, 15) is 9.59 Å². The highest BCUT2D eigenvalue weighted by Crippen LogP contribution is 2.52. The first-order valence-corrected chi connectivity index (χ1v) is 12.4. The van der Waals surface area contributed by atoms with Crippen LogP contribution >= 0.6 is 11.3 Å². The number of thiophene rings is 1. The normalized spacial score (nSPS) is 28.1. The summed E-state index contributed by atoms with van der Waals surface area (Å²) < 4.78 is 3.86. The molecule has 1 heterocycles. The monoisotopic (exact) mass is 468 g/mol. The van der Waals surface area contributed by atoms with E-state index in [4.69, 9.17) is 14.7 Å². The Morgan fingerprint density at radius 3 is 2.38 bits per heavy atom. The van der Waals surface area contributed by atoms with Crippen LogP contribution in [-0.4, -0.2) is 36.2 Å². The van der Waals surface area contributed by atoms with E-state index in [2.05, 4.69) is 23.1 Å². The van der Waals surface area contributed by atoms with Gasteiger partial charge in [0, 0.05) is 37.9 Å². The average Bonchev–Trinajstić information content (AvgIpc) is 3.20. The van der Waals surface area contributed by atoms with Crippen molar-refractivity contribution in [3.8, 4) is 0 Å². The van der Waals surface area contributed by atoms with Crippen LogP contribution in [0.2, 0.25) is 0 Å². The fourth-order valence-electron chi connectivity index (χ4n) is 5.49. The summed E-state index contributed by atoms with van der Waals surface area (Å²) in [6.07, 6.45) is 6.92. The predicted molar refractivity (Wildman–Crippen MR) is 128 cm³/mol. The lowest BCUT2D eigenvalue weighted by Gasteiger charge is -2.47. The number of rotatable bonds is 2. The summed E-state index contributed by atoms with van der Waals surface area (Å²) in [4.78, 5) is 44.6. The topological polar surface area (TPSA) is 97.7 Å². The molecule has 3 fully saturated rings. The lowest BCUT2D eigenvalue weighted by Crippen LogP contribution is -2.47. The van der Waals surface area contributed by atoms with E-state index in [1.54, 1.807) is 11.3 Å². The van der Waals surface area contributed by atoms with Gasteiger partial charge >= 0.3 is 0 Å². The molecule has 0 radical (unpaired) electrons. The molecular weight excluding hydrogens is 428 g/mol. The summed E-state index contributed by atoms with van der Waals surface area (Å²) in [7, 11) is 1.31. The van der Waals surface area contributed by atoms with Gasteiger partial charge in [0.1, 0.15) is 11.6 Å². The van der Waals surface area contributed by atoms with E-state index >= 15 is 0 Å². The summed E-state index contributed by atoms with van der Waals surface area (Å²) >= 11 is 1.77. The van der Waals surface area contributed by atoms with Crippen LogP contribution in [0.3, 0.4) is 0 Å². The molecule has 182 valence electrons. The number of hydrogen-bond acceptors (Lipinski definition) is 6. The smallest absolute Gasteiger partial charge is 0.300 e. The van der Waals surface area contributed by atoms with E-state index in [0.29, 0.717) is 42.2 Å². The number of ketones is 2. The molecule has 0 spiro atoms. The van der Waals surface area contributed by atoms with E-state index in [-0.39, 0.29) is 13.3 Å². The van der Waals surface area contributed by atoms with E-state index in [0.717, 1.165) is 39.0 Å². The minimum Gasteiger partial charge on any atom is -0.481 e. The van der Waals surface area contributed by atoms with Crippen LogP contribution in [-0.2, 0) is 23.9 Å². The van der Waals surface area contributed by atoms with Gasteiger partial charge in [0.15, 0.2) is 0 Å². The number of Topliss-reactive ketones (excluding diaryl/α,β-unsaturated/α-hetero) is 2. The number of ether oxygens (including phenoxy) is 1. The molecule has 1 N–H and O–H groups in total. The minimum atomic E-state index is -0.833. The highest BCUT2D eigenvalue weighted by atomic mass is 32.1. The molecule has 2 unspecified atom stereocenters. The number of aryl methyl sites for hydroxylation is 1. The van der Waals surface area contributed by atoms with Crippen molar-refractivity contribution in [1.29, 1.82) is 0 Å². The van der Waals surface area contributed by atoms with Crippen molar-refractivity contribution < 1.29 is 30.4 Å². The highest BCUT2D eigenvalue weighted by Gasteiger charge is 2.49. The zero-order valence-electron chi connectivity index (χ0n) is 20.0. The predicted octanol–water partition coefficient (Wildman–Crippen LogP) is 5.67. The summed E-state index contributed by atoms with van der Waals surface area (Å²) in [5.41, 5.74) is 1.36. The molecule has 6 nitrogen and oxygen atoms in total. The standard InChI is InChI=1S/C19H24O2S.2C2H4O2.C2H6.H2/c1-11-14(7-8-22-11)13-9-16-15(18(21)10-13)6-5-12-3-2-4-17(20)19(12)16;1-4-2-3;1-2(3)4;1-2;/h7-8,12-13,15-16,19H,2-6,9-10H2,1H3;2H,1H3;1H3,(H,3,4);1-2H3;1H/t12?,13-,15-,16?,19+;;;;/m1..../s1. The number of hydrogen-bond donors (Lipinski definition) is 1. The molecule has 4 rings (SSSR count). The number of carboxylic acid groups (broad SMARTS) is 1. The SMILES string of the molecule is CC.CC(=O)O.COC=O.Cc1sccc1[C@H]1CC(=O)[C@@H]2CCC3CCCC(=O)[C@@H]3C2C1.[HH]. The Morgan fingerprint density at radius 2 is 1.84 bits per heavy atom. The van der Waals surface area contributed by atoms with Crippen molar-refractivity contribution in [1.82, 2.24) is 0 Å². The van der Waals surface area contributed by atoms with Crippen molar-refractivity contribution in [2.45, 2.75) is 78.6 Å². The first-order valence-electron chi connectivity index (χ1n) is 11.6. The largest absolute Gasteiger partial charge is 0.481 e. The van der Waals surface area contributed by atoms with Crippen LogP contribution in [0.1, 0.15) is 83.5 Å². The number of carbonyl (C=O) groups is 4. The Labute approximate surface area is 197 Å². The molecule has 3 aliphatic carbocycles. The van der Waals surface area contributed by atoms with Crippen LogP contribution < -0.4 is 0 Å². The minimum absolute atomic E-state index is 0.